The number of ether oxygens (including phenoxy) is 2. The van der Waals surface area contributed by atoms with Crippen LogP contribution in [-0.4, -0.2) is 31.8 Å². The van der Waals surface area contributed by atoms with E-state index in [0.29, 0.717) is 11.3 Å². The average Bonchev–Trinajstić information content (AvgIpc) is 2.92. The second kappa shape index (κ2) is 5.87. The summed E-state index contributed by atoms with van der Waals surface area (Å²) < 4.78 is 10.7. The van der Waals surface area contributed by atoms with Crippen LogP contribution in [-0.2, 0) is 4.74 Å². The molecular formula is C14H19NO3. The van der Waals surface area contributed by atoms with Crippen molar-refractivity contribution in [3.8, 4) is 5.75 Å². The molecule has 1 aromatic carbocycles. The summed E-state index contributed by atoms with van der Waals surface area (Å²) in [6, 6.07) is 7.24. The van der Waals surface area contributed by atoms with Crippen LogP contribution in [0.25, 0.3) is 0 Å². The van der Waals surface area contributed by atoms with Gasteiger partial charge in [-0.25, -0.2) is 0 Å². The fraction of sp³-hybridized carbons (Fsp3) is 0.500. The highest BCUT2D eigenvalue weighted by Crippen LogP contribution is 2.19. The van der Waals surface area contributed by atoms with Gasteiger partial charge in [0.2, 0.25) is 0 Å². The first kappa shape index (κ1) is 12.9. The highest BCUT2D eigenvalue weighted by Gasteiger charge is 2.24. The van der Waals surface area contributed by atoms with E-state index in [1.54, 1.807) is 19.2 Å². The molecule has 1 N–H and O–H groups in total. The van der Waals surface area contributed by atoms with E-state index in [4.69, 9.17) is 9.47 Å². The van der Waals surface area contributed by atoms with Gasteiger partial charge in [-0.1, -0.05) is 12.1 Å². The Bertz CT molecular complexity index is 413. The van der Waals surface area contributed by atoms with Crippen molar-refractivity contribution in [3.05, 3.63) is 29.8 Å². The molecule has 1 saturated heterocycles. The van der Waals surface area contributed by atoms with Crippen LogP contribution < -0.4 is 10.1 Å². The van der Waals surface area contributed by atoms with E-state index in [0.717, 1.165) is 19.4 Å². The van der Waals surface area contributed by atoms with E-state index in [2.05, 4.69) is 5.32 Å². The smallest absolute Gasteiger partial charge is 0.255 e. The molecule has 1 heterocycles. The van der Waals surface area contributed by atoms with Crippen molar-refractivity contribution in [3.63, 3.8) is 0 Å². The van der Waals surface area contributed by atoms with Crippen molar-refractivity contribution in [2.45, 2.75) is 31.9 Å². The van der Waals surface area contributed by atoms with Gasteiger partial charge in [-0.05, 0) is 31.9 Å². The lowest BCUT2D eigenvalue weighted by Gasteiger charge is -2.20. The molecule has 0 unspecified atom stereocenters. The van der Waals surface area contributed by atoms with Gasteiger partial charge in [0.1, 0.15) is 5.75 Å². The van der Waals surface area contributed by atoms with Gasteiger partial charge in [0.15, 0.2) is 0 Å². The quantitative estimate of drug-likeness (QED) is 0.887. The predicted molar refractivity (Wildman–Crippen MR) is 68.9 cm³/mol. The first-order valence-corrected chi connectivity index (χ1v) is 6.28. The predicted octanol–water partition coefficient (Wildman–Crippen LogP) is 1.99. The summed E-state index contributed by atoms with van der Waals surface area (Å²) in [7, 11) is 1.57. The molecule has 2 atom stereocenters. The minimum Gasteiger partial charge on any atom is -0.496 e. The summed E-state index contributed by atoms with van der Waals surface area (Å²) in [5, 5.41) is 2.97. The Morgan fingerprint density at radius 2 is 2.28 bits per heavy atom. The van der Waals surface area contributed by atoms with Gasteiger partial charge < -0.3 is 14.8 Å². The van der Waals surface area contributed by atoms with Crippen LogP contribution in [0.15, 0.2) is 24.3 Å². The van der Waals surface area contributed by atoms with Gasteiger partial charge in [-0.2, -0.15) is 0 Å². The molecule has 0 radical (unpaired) electrons. The molecule has 1 aromatic rings. The van der Waals surface area contributed by atoms with Crippen LogP contribution in [0, 0.1) is 0 Å². The molecule has 1 amide bonds. The zero-order valence-electron chi connectivity index (χ0n) is 10.8. The fourth-order valence-electron chi connectivity index (χ4n) is 2.21. The number of amides is 1. The SMILES string of the molecule is COc1ccccc1C(=O)N[C@@H](C)[C@@H]1CCCO1. The van der Waals surface area contributed by atoms with Gasteiger partial charge in [0.05, 0.1) is 24.8 Å². The van der Waals surface area contributed by atoms with Crippen molar-refractivity contribution in [1.29, 1.82) is 0 Å². The number of rotatable bonds is 4. The van der Waals surface area contributed by atoms with E-state index in [1.807, 2.05) is 19.1 Å². The van der Waals surface area contributed by atoms with Crippen LogP contribution in [0.3, 0.4) is 0 Å². The van der Waals surface area contributed by atoms with Gasteiger partial charge in [0.25, 0.3) is 5.91 Å². The lowest BCUT2D eigenvalue weighted by molar-refractivity contribution is 0.0710. The minimum atomic E-state index is -0.115. The fourth-order valence-corrected chi connectivity index (χ4v) is 2.21. The summed E-state index contributed by atoms with van der Waals surface area (Å²) in [4.78, 5) is 12.1. The lowest BCUT2D eigenvalue weighted by atomic mass is 10.1. The first-order valence-electron chi connectivity index (χ1n) is 6.28. The number of nitrogens with one attached hydrogen (secondary N) is 1. The number of methoxy groups -OCH3 is 1. The molecule has 1 fully saturated rings. The summed E-state index contributed by atoms with van der Waals surface area (Å²) in [6.07, 6.45) is 2.20. The van der Waals surface area contributed by atoms with E-state index in [9.17, 15) is 4.79 Å². The van der Waals surface area contributed by atoms with Gasteiger partial charge in [0, 0.05) is 6.61 Å². The highest BCUT2D eigenvalue weighted by molar-refractivity contribution is 5.97. The van der Waals surface area contributed by atoms with Crippen molar-refractivity contribution in [2.24, 2.45) is 0 Å². The van der Waals surface area contributed by atoms with Crippen LogP contribution in [0.5, 0.6) is 5.75 Å². The zero-order chi connectivity index (χ0) is 13.0. The van der Waals surface area contributed by atoms with E-state index in [1.165, 1.54) is 0 Å². The molecule has 18 heavy (non-hydrogen) atoms. The van der Waals surface area contributed by atoms with Crippen LogP contribution >= 0.6 is 0 Å². The molecule has 0 saturated carbocycles. The van der Waals surface area contributed by atoms with Gasteiger partial charge in [-0.3, -0.25) is 4.79 Å². The molecule has 2 rings (SSSR count). The van der Waals surface area contributed by atoms with E-state index >= 15 is 0 Å². The number of hydrogen-bond acceptors (Lipinski definition) is 3. The van der Waals surface area contributed by atoms with Crippen molar-refractivity contribution in [1.82, 2.24) is 5.32 Å². The molecule has 4 heteroatoms. The number of benzene rings is 1. The number of carbonyl (C=O) groups excluding carboxylic acids is 1. The molecule has 98 valence electrons. The molecule has 1 aliphatic rings. The van der Waals surface area contributed by atoms with Crippen LogP contribution in [0.4, 0.5) is 0 Å². The van der Waals surface area contributed by atoms with Crippen molar-refractivity contribution in [2.75, 3.05) is 13.7 Å². The first-order chi connectivity index (χ1) is 8.72. The third-order valence-electron chi connectivity index (χ3n) is 3.23. The van der Waals surface area contributed by atoms with Gasteiger partial charge in [-0.15, -0.1) is 0 Å². The monoisotopic (exact) mass is 249 g/mol. The Morgan fingerprint density at radius 3 is 2.94 bits per heavy atom. The van der Waals surface area contributed by atoms with E-state index < -0.39 is 0 Å². The maximum absolute atomic E-state index is 12.1. The third-order valence-corrected chi connectivity index (χ3v) is 3.23. The highest BCUT2D eigenvalue weighted by atomic mass is 16.5. The molecule has 0 spiro atoms. The molecule has 1 aliphatic heterocycles. The number of para-hydroxylation sites is 1. The van der Waals surface area contributed by atoms with E-state index in [-0.39, 0.29) is 18.1 Å². The Labute approximate surface area is 107 Å². The number of carbonyl (C=O) groups is 1. The third kappa shape index (κ3) is 2.82. The summed E-state index contributed by atoms with van der Waals surface area (Å²) >= 11 is 0. The Morgan fingerprint density at radius 1 is 1.50 bits per heavy atom. The van der Waals surface area contributed by atoms with Crippen LogP contribution in [0.2, 0.25) is 0 Å². The molecular weight excluding hydrogens is 230 g/mol. The molecule has 0 aromatic heterocycles. The molecule has 0 aliphatic carbocycles. The lowest BCUT2D eigenvalue weighted by Crippen LogP contribution is -2.40. The second-order valence-electron chi connectivity index (χ2n) is 4.51. The summed E-state index contributed by atoms with van der Waals surface area (Å²) in [5.41, 5.74) is 0.560. The molecule has 4 nitrogen and oxygen atoms in total. The van der Waals surface area contributed by atoms with Gasteiger partial charge >= 0.3 is 0 Å². The topological polar surface area (TPSA) is 47.6 Å². The normalized spacial score (nSPS) is 20.4. The minimum absolute atomic E-state index is 0.0184. The largest absolute Gasteiger partial charge is 0.496 e. The average molecular weight is 249 g/mol. The Kier molecular flexibility index (Phi) is 4.20. The number of hydrogen-bond donors (Lipinski definition) is 1. The Hall–Kier alpha value is -1.55. The second-order valence-corrected chi connectivity index (χ2v) is 4.51. The van der Waals surface area contributed by atoms with Crippen molar-refractivity contribution >= 4 is 5.91 Å². The summed E-state index contributed by atoms with van der Waals surface area (Å²) in [5.74, 6) is 0.477. The summed E-state index contributed by atoms with van der Waals surface area (Å²) in [6.45, 7) is 2.77. The zero-order valence-corrected chi connectivity index (χ0v) is 10.8. The maximum atomic E-state index is 12.1. The standard InChI is InChI=1S/C14H19NO3/c1-10(12-8-5-9-18-12)15-14(16)11-6-3-4-7-13(11)17-2/h3-4,6-7,10,12H,5,8-9H2,1-2H3,(H,15,16)/t10-,12-/m0/s1. The molecule has 0 bridgehead atoms. The van der Waals surface area contributed by atoms with Crippen LogP contribution in [0.1, 0.15) is 30.1 Å². The van der Waals surface area contributed by atoms with Crippen molar-refractivity contribution < 1.29 is 14.3 Å². The Balaban J connectivity index is 2.02. The maximum Gasteiger partial charge on any atom is 0.255 e.